The summed E-state index contributed by atoms with van der Waals surface area (Å²) in [5, 5.41) is 3.07. The maximum absolute atomic E-state index is 12.9. The minimum Gasteiger partial charge on any atom is -0.326 e. The van der Waals surface area contributed by atoms with Gasteiger partial charge in [0, 0.05) is 23.6 Å². The highest BCUT2D eigenvalue weighted by Gasteiger charge is 2.07. The van der Waals surface area contributed by atoms with Crippen molar-refractivity contribution in [3.05, 3.63) is 65.5 Å². The average Bonchev–Trinajstić information content (AvgIpc) is 2.45. The highest BCUT2D eigenvalue weighted by atomic mass is 32.2. The summed E-state index contributed by atoms with van der Waals surface area (Å²) >= 11 is 1.78. The molecule has 110 valence electrons. The fourth-order valence-electron chi connectivity index (χ4n) is 1.99. The summed E-state index contributed by atoms with van der Waals surface area (Å²) < 4.78 is 12.9. The number of hydrogen-bond acceptors (Lipinski definition) is 2. The number of halogens is 1. The van der Waals surface area contributed by atoms with Crippen LogP contribution in [0.1, 0.15) is 30.2 Å². The van der Waals surface area contributed by atoms with Crippen molar-refractivity contribution in [3.8, 4) is 0 Å². The van der Waals surface area contributed by atoms with Crippen LogP contribution < -0.4 is 5.32 Å². The van der Waals surface area contributed by atoms with Crippen LogP contribution in [0.4, 0.5) is 10.1 Å². The Morgan fingerprint density at radius 1 is 1.24 bits per heavy atom. The fraction of sp³-hybridized carbons (Fsp3) is 0.235. The highest BCUT2D eigenvalue weighted by molar-refractivity contribution is 7.98. The molecule has 1 N–H and O–H groups in total. The molecule has 0 aliphatic heterocycles. The molecule has 0 radical (unpaired) electrons. The highest BCUT2D eigenvalue weighted by Crippen LogP contribution is 2.31. The molecule has 0 saturated carbocycles. The van der Waals surface area contributed by atoms with E-state index in [0.29, 0.717) is 0 Å². The first-order valence-corrected chi connectivity index (χ1v) is 7.83. The Morgan fingerprint density at radius 2 is 1.95 bits per heavy atom. The van der Waals surface area contributed by atoms with Gasteiger partial charge in [0.05, 0.1) is 0 Å². The van der Waals surface area contributed by atoms with Gasteiger partial charge in [-0.25, -0.2) is 4.39 Å². The lowest BCUT2D eigenvalue weighted by Gasteiger charge is -2.12. The van der Waals surface area contributed by atoms with E-state index in [1.165, 1.54) is 19.1 Å². The molecule has 1 atom stereocenters. The molecule has 0 spiro atoms. The number of benzene rings is 2. The minimum atomic E-state index is -0.209. The van der Waals surface area contributed by atoms with Crippen molar-refractivity contribution in [2.24, 2.45) is 0 Å². The predicted molar refractivity (Wildman–Crippen MR) is 86.9 cm³/mol. The third-order valence-electron chi connectivity index (χ3n) is 3.09. The van der Waals surface area contributed by atoms with Crippen molar-refractivity contribution < 1.29 is 9.18 Å². The lowest BCUT2D eigenvalue weighted by molar-refractivity contribution is -0.114. The second kappa shape index (κ2) is 7.27. The minimum absolute atomic E-state index is 0.0699. The van der Waals surface area contributed by atoms with Crippen molar-refractivity contribution in [1.82, 2.24) is 0 Å². The Labute approximate surface area is 128 Å². The number of hydrogen-bond donors (Lipinski definition) is 1. The molecule has 2 rings (SSSR count). The molecule has 1 unspecified atom stereocenters. The molecule has 0 aliphatic rings. The van der Waals surface area contributed by atoms with E-state index < -0.39 is 0 Å². The quantitative estimate of drug-likeness (QED) is 0.861. The molecule has 2 aromatic carbocycles. The van der Waals surface area contributed by atoms with Gasteiger partial charge in [-0.1, -0.05) is 24.3 Å². The van der Waals surface area contributed by atoms with E-state index in [2.05, 4.69) is 12.2 Å². The molecular formula is C17H18FNOS. The van der Waals surface area contributed by atoms with Crippen LogP contribution in [0.2, 0.25) is 0 Å². The standard InChI is InChI=1S/C17H18FNOS/c1-12(15-6-8-16(18)9-7-15)21-11-14-4-3-5-17(10-14)19-13(2)20/h3-10,12H,11H2,1-2H3,(H,19,20). The van der Waals surface area contributed by atoms with Crippen LogP contribution in [0.25, 0.3) is 0 Å². The number of thioether (sulfide) groups is 1. The van der Waals surface area contributed by atoms with E-state index >= 15 is 0 Å². The van der Waals surface area contributed by atoms with E-state index in [0.717, 1.165) is 22.6 Å². The smallest absolute Gasteiger partial charge is 0.221 e. The van der Waals surface area contributed by atoms with Gasteiger partial charge in [-0.3, -0.25) is 4.79 Å². The summed E-state index contributed by atoms with van der Waals surface area (Å²) in [7, 11) is 0. The molecule has 1 amide bonds. The van der Waals surface area contributed by atoms with Crippen molar-refractivity contribution in [3.63, 3.8) is 0 Å². The van der Waals surface area contributed by atoms with Crippen molar-refractivity contribution >= 4 is 23.4 Å². The second-order valence-corrected chi connectivity index (χ2v) is 6.22. The van der Waals surface area contributed by atoms with Crippen molar-refractivity contribution in [2.45, 2.75) is 24.9 Å². The van der Waals surface area contributed by atoms with Crippen LogP contribution in [-0.2, 0) is 10.5 Å². The van der Waals surface area contributed by atoms with Gasteiger partial charge in [0.25, 0.3) is 0 Å². The molecule has 0 saturated heterocycles. The zero-order valence-electron chi connectivity index (χ0n) is 12.1. The first-order chi connectivity index (χ1) is 10.0. The zero-order chi connectivity index (χ0) is 15.2. The van der Waals surface area contributed by atoms with Gasteiger partial charge in [0.2, 0.25) is 5.91 Å². The molecule has 0 aliphatic carbocycles. The van der Waals surface area contributed by atoms with Crippen LogP contribution >= 0.6 is 11.8 Å². The van der Waals surface area contributed by atoms with Gasteiger partial charge >= 0.3 is 0 Å². The number of nitrogens with one attached hydrogen (secondary N) is 1. The normalized spacial score (nSPS) is 12.0. The molecule has 0 bridgehead atoms. The Hall–Kier alpha value is -1.81. The predicted octanol–water partition coefficient (Wildman–Crippen LogP) is 4.78. The van der Waals surface area contributed by atoms with Gasteiger partial charge in [0.15, 0.2) is 0 Å². The van der Waals surface area contributed by atoms with Crippen molar-refractivity contribution in [2.75, 3.05) is 5.32 Å². The Kier molecular flexibility index (Phi) is 5.39. The van der Waals surface area contributed by atoms with Crippen molar-refractivity contribution in [1.29, 1.82) is 0 Å². The molecule has 0 aromatic heterocycles. The molecule has 0 heterocycles. The monoisotopic (exact) mass is 303 g/mol. The van der Waals surface area contributed by atoms with Crippen LogP contribution in [0.15, 0.2) is 48.5 Å². The Balaban J connectivity index is 1.96. The lowest BCUT2D eigenvalue weighted by atomic mass is 10.2. The van der Waals surface area contributed by atoms with Gasteiger partial charge < -0.3 is 5.32 Å². The van der Waals surface area contributed by atoms with Crippen LogP contribution in [0.5, 0.6) is 0 Å². The largest absolute Gasteiger partial charge is 0.326 e. The molecule has 2 aromatic rings. The second-order valence-electron chi connectivity index (χ2n) is 4.89. The first kappa shape index (κ1) is 15.6. The van der Waals surface area contributed by atoms with E-state index in [1.54, 1.807) is 11.8 Å². The average molecular weight is 303 g/mol. The van der Waals surface area contributed by atoms with Gasteiger partial charge in [0.1, 0.15) is 5.82 Å². The van der Waals surface area contributed by atoms with Gasteiger partial charge in [-0.05, 0) is 42.3 Å². The Morgan fingerprint density at radius 3 is 2.62 bits per heavy atom. The van der Waals surface area contributed by atoms with Crippen LogP contribution in [-0.4, -0.2) is 5.91 Å². The molecule has 2 nitrogen and oxygen atoms in total. The number of anilines is 1. The van der Waals surface area contributed by atoms with E-state index in [-0.39, 0.29) is 17.0 Å². The maximum Gasteiger partial charge on any atom is 0.221 e. The molecule has 4 heteroatoms. The third kappa shape index (κ3) is 4.90. The van der Waals surface area contributed by atoms with E-state index in [4.69, 9.17) is 0 Å². The van der Waals surface area contributed by atoms with E-state index in [1.807, 2.05) is 36.4 Å². The number of carbonyl (C=O) groups is 1. The maximum atomic E-state index is 12.9. The summed E-state index contributed by atoms with van der Waals surface area (Å²) in [6, 6.07) is 14.4. The number of rotatable bonds is 5. The number of amides is 1. The Bertz CT molecular complexity index is 612. The molecule has 0 fully saturated rings. The summed E-state index contributed by atoms with van der Waals surface area (Å²) in [6.45, 7) is 3.60. The summed E-state index contributed by atoms with van der Waals surface area (Å²) in [5.41, 5.74) is 3.08. The molecule has 21 heavy (non-hydrogen) atoms. The topological polar surface area (TPSA) is 29.1 Å². The first-order valence-electron chi connectivity index (χ1n) is 6.78. The summed E-state index contributed by atoms with van der Waals surface area (Å²) in [4.78, 5) is 11.1. The molecular weight excluding hydrogens is 285 g/mol. The number of carbonyl (C=O) groups excluding carboxylic acids is 1. The van der Waals surface area contributed by atoms with Crippen LogP contribution in [0, 0.1) is 5.82 Å². The third-order valence-corrected chi connectivity index (χ3v) is 4.36. The fourth-order valence-corrected chi connectivity index (χ4v) is 2.96. The lowest BCUT2D eigenvalue weighted by Crippen LogP contribution is -2.05. The van der Waals surface area contributed by atoms with Gasteiger partial charge in [-0.2, -0.15) is 0 Å². The van der Waals surface area contributed by atoms with Crippen LogP contribution in [0.3, 0.4) is 0 Å². The summed E-state index contributed by atoms with van der Waals surface area (Å²) in [6.07, 6.45) is 0. The van der Waals surface area contributed by atoms with Gasteiger partial charge in [-0.15, -0.1) is 11.8 Å². The zero-order valence-corrected chi connectivity index (χ0v) is 12.9. The SMILES string of the molecule is CC(=O)Nc1cccc(CSC(C)c2ccc(F)cc2)c1. The van der Waals surface area contributed by atoms with E-state index in [9.17, 15) is 9.18 Å². The summed E-state index contributed by atoms with van der Waals surface area (Å²) in [5.74, 6) is 0.560.